The molecule has 0 saturated heterocycles. The molecule has 86 valence electrons. The molecular weight excluding hydrogens is 172 g/mol. The van der Waals surface area contributed by atoms with E-state index in [-0.39, 0.29) is 5.60 Å². The van der Waals surface area contributed by atoms with Crippen LogP contribution in [0.2, 0.25) is 0 Å². The molecular formula is C13H28O. The van der Waals surface area contributed by atoms with Gasteiger partial charge < -0.3 is 4.74 Å². The third-order valence-corrected chi connectivity index (χ3v) is 2.72. The Morgan fingerprint density at radius 1 is 0.929 bits per heavy atom. The van der Waals surface area contributed by atoms with Gasteiger partial charge in [0.2, 0.25) is 0 Å². The Labute approximate surface area is 90.2 Å². The molecule has 0 aliphatic heterocycles. The van der Waals surface area contributed by atoms with Crippen molar-refractivity contribution in [3.8, 4) is 0 Å². The highest BCUT2D eigenvalue weighted by atomic mass is 16.5. The number of hydrogen-bond donors (Lipinski definition) is 0. The van der Waals surface area contributed by atoms with Gasteiger partial charge in [-0.15, -0.1) is 0 Å². The van der Waals surface area contributed by atoms with Gasteiger partial charge in [-0.25, -0.2) is 0 Å². The molecule has 1 heteroatoms. The van der Waals surface area contributed by atoms with Crippen LogP contribution in [0.3, 0.4) is 0 Å². The highest BCUT2D eigenvalue weighted by Crippen LogP contribution is 2.30. The minimum absolute atomic E-state index is 0.0168. The summed E-state index contributed by atoms with van der Waals surface area (Å²) in [4.78, 5) is 0. The van der Waals surface area contributed by atoms with Crippen molar-refractivity contribution in [1.82, 2.24) is 0 Å². The van der Waals surface area contributed by atoms with Crippen LogP contribution in [-0.4, -0.2) is 11.7 Å². The quantitative estimate of drug-likeness (QED) is 0.661. The maximum absolute atomic E-state index is 5.90. The lowest BCUT2D eigenvalue weighted by molar-refractivity contribution is -0.0645. The summed E-state index contributed by atoms with van der Waals surface area (Å²) >= 11 is 0. The molecule has 0 radical (unpaired) electrons. The summed E-state index contributed by atoms with van der Waals surface area (Å²) in [6, 6.07) is 0. The van der Waals surface area contributed by atoms with Gasteiger partial charge >= 0.3 is 0 Å². The van der Waals surface area contributed by atoms with Gasteiger partial charge in [-0.2, -0.15) is 0 Å². The van der Waals surface area contributed by atoms with Crippen LogP contribution in [0, 0.1) is 11.3 Å². The number of ether oxygens (including phenoxy) is 1. The predicted molar refractivity (Wildman–Crippen MR) is 63.5 cm³/mol. The van der Waals surface area contributed by atoms with Crippen LogP contribution >= 0.6 is 0 Å². The fraction of sp³-hybridized carbons (Fsp3) is 1.00. The van der Waals surface area contributed by atoms with Crippen molar-refractivity contribution in [2.45, 2.75) is 73.5 Å². The van der Waals surface area contributed by atoms with E-state index in [2.05, 4.69) is 55.4 Å². The van der Waals surface area contributed by atoms with Crippen LogP contribution in [0.25, 0.3) is 0 Å². The van der Waals surface area contributed by atoms with E-state index in [0.717, 1.165) is 6.42 Å². The first-order valence-corrected chi connectivity index (χ1v) is 5.70. The third kappa shape index (κ3) is 6.42. The Kier molecular flexibility index (Phi) is 4.64. The Bertz CT molecular complexity index is 159. The molecule has 1 nitrogen and oxygen atoms in total. The first-order valence-electron chi connectivity index (χ1n) is 5.70. The molecule has 2 atom stereocenters. The maximum Gasteiger partial charge on any atom is 0.0602 e. The summed E-state index contributed by atoms with van der Waals surface area (Å²) in [5.41, 5.74) is 0.368. The standard InChI is InChI=1S/C13H28O/c1-10(12(3,4)5)9-11(2)14-13(6,7)8/h10-11H,9H2,1-8H3/t10-,11+/m1/s1. The van der Waals surface area contributed by atoms with Gasteiger partial charge in [-0.3, -0.25) is 0 Å². The van der Waals surface area contributed by atoms with Gasteiger partial charge in [-0.05, 0) is 45.4 Å². The van der Waals surface area contributed by atoms with Crippen molar-refractivity contribution in [2.24, 2.45) is 11.3 Å². The third-order valence-electron chi connectivity index (χ3n) is 2.72. The molecule has 0 aliphatic rings. The molecule has 0 fully saturated rings. The molecule has 0 amide bonds. The molecule has 0 aromatic carbocycles. The second kappa shape index (κ2) is 4.65. The van der Waals surface area contributed by atoms with Crippen molar-refractivity contribution in [3.63, 3.8) is 0 Å². The molecule has 0 aromatic rings. The van der Waals surface area contributed by atoms with Crippen molar-refractivity contribution in [2.75, 3.05) is 0 Å². The van der Waals surface area contributed by atoms with E-state index < -0.39 is 0 Å². The van der Waals surface area contributed by atoms with E-state index in [1.165, 1.54) is 0 Å². The number of rotatable bonds is 3. The lowest BCUT2D eigenvalue weighted by Gasteiger charge is -2.32. The normalized spacial score (nSPS) is 18.0. The van der Waals surface area contributed by atoms with E-state index in [9.17, 15) is 0 Å². The van der Waals surface area contributed by atoms with Gasteiger partial charge in [0.05, 0.1) is 11.7 Å². The summed E-state index contributed by atoms with van der Waals surface area (Å²) in [6.07, 6.45) is 1.49. The van der Waals surface area contributed by atoms with E-state index in [1.54, 1.807) is 0 Å². The zero-order valence-corrected chi connectivity index (χ0v) is 11.3. The molecule has 0 spiro atoms. The molecule has 0 aromatic heterocycles. The van der Waals surface area contributed by atoms with E-state index in [0.29, 0.717) is 17.4 Å². The Hall–Kier alpha value is -0.0400. The van der Waals surface area contributed by atoms with Gasteiger partial charge in [0.1, 0.15) is 0 Å². The van der Waals surface area contributed by atoms with Crippen LogP contribution in [0.4, 0.5) is 0 Å². The number of hydrogen-bond acceptors (Lipinski definition) is 1. The summed E-state index contributed by atoms with van der Waals surface area (Å²) in [5.74, 6) is 0.694. The second-order valence-corrected chi connectivity index (χ2v) is 6.54. The molecule has 0 rings (SSSR count). The second-order valence-electron chi connectivity index (χ2n) is 6.54. The van der Waals surface area contributed by atoms with Crippen LogP contribution in [-0.2, 0) is 4.74 Å². The Morgan fingerprint density at radius 3 is 1.64 bits per heavy atom. The first kappa shape index (κ1) is 14.0. The summed E-state index contributed by atoms with van der Waals surface area (Å²) in [7, 11) is 0. The largest absolute Gasteiger partial charge is 0.373 e. The van der Waals surface area contributed by atoms with Crippen LogP contribution < -0.4 is 0 Å². The van der Waals surface area contributed by atoms with Gasteiger partial charge in [0.25, 0.3) is 0 Å². The van der Waals surface area contributed by atoms with Gasteiger partial charge in [0, 0.05) is 0 Å². The fourth-order valence-electron chi connectivity index (χ4n) is 1.50. The lowest BCUT2D eigenvalue weighted by Crippen LogP contribution is -2.29. The molecule has 0 unspecified atom stereocenters. The van der Waals surface area contributed by atoms with Crippen LogP contribution in [0.5, 0.6) is 0 Å². The van der Waals surface area contributed by atoms with Crippen molar-refractivity contribution in [3.05, 3.63) is 0 Å². The Balaban J connectivity index is 4.01. The molecule has 0 aliphatic carbocycles. The summed E-state index contributed by atoms with van der Waals surface area (Å²) in [5, 5.41) is 0. The maximum atomic E-state index is 5.90. The van der Waals surface area contributed by atoms with Crippen molar-refractivity contribution < 1.29 is 4.74 Å². The minimum atomic E-state index is -0.0168. The van der Waals surface area contributed by atoms with E-state index >= 15 is 0 Å². The van der Waals surface area contributed by atoms with Crippen molar-refractivity contribution in [1.29, 1.82) is 0 Å². The van der Waals surface area contributed by atoms with Crippen molar-refractivity contribution >= 4 is 0 Å². The average molecular weight is 200 g/mol. The average Bonchev–Trinajstić information content (AvgIpc) is 1.79. The molecule has 0 saturated carbocycles. The lowest BCUT2D eigenvalue weighted by atomic mass is 9.79. The monoisotopic (exact) mass is 200 g/mol. The SMILES string of the molecule is C[C@H](C[C@H](C)OC(C)(C)C)C(C)(C)C. The van der Waals surface area contributed by atoms with E-state index in [4.69, 9.17) is 4.74 Å². The highest BCUT2D eigenvalue weighted by molar-refractivity contribution is 4.73. The fourth-order valence-corrected chi connectivity index (χ4v) is 1.50. The summed E-state index contributed by atoms with van der Waals surface area (Å²) < 4.78 is 5.90. The van der Waals surface area contributed by atoms with Gasteiger partial charge in [-0.1, -0.05) is 27.7 Å². The van der Waals surface area contributed by atoms with Crippen LogP contribution in [0.15, 0.2) is 0 Å². The summed E-state index contributed by atoms with van der Waals surface area (Å²) in [6.45, 7) is 17.7. The highest BCUT2D eigenvalue weighted by Gasteiger charge is 2.24. The van der Waals surface area contributed by atoms with Crippen LogP contribution in [0.1, 0.15) is 61.8 Å². The first-order chi connectivity index (χ1) is 6.02. The molecule has 0 heterocycles. The molecule has 14 heavy (non-hydrogen) atoms. The molecule has 0 bridgehead atoms. The predicted octanol–water partition coefficient (Wildman–Crippen LogP) is 4.26. The zero-order chi connectivity index (χ0) is 11.6. The smallest absolute Gasteiger partial charge is 0.0602 e. The zero-order valence-electron chi connectivity index (χ0n) is 11.3. The Morgan fingerprint density at radius 2 is 1.36 bits per heavy atom. The van der Waals surface area contributed by atoms with E-state index in [1.807, 2.05) is 0 Å². The van der Waals surface area contributed by atoms with Gasteiger partial charge in [0.15, 0.2) is 0 Å². The topological polar surface area (TPSA) is 9.23 Å². The molecule has 0 N–H and O–H groups in total. The minimum Gasteiger partial charge on any atom is -0.373 e.